The molecule has 7 heteroatoms. The smallest absolute Gasteiger partial charge is 0.330 e. The SMILES string of the molecule is CO[C@]1(N)C(=O)N2[C@@H](C(=O)OCc3ccccc3)C(C)(C)S[C@@H]21. The summed E-state index contributed by atoms with van der Waals surface area (Å²) < 4.78 is 10.1. The summed E-state index contributed by atoms with van der Waals surface area (Å²) in [6, 6.07) is 8.77. The normalized spacial score (nSPS) is 31.5. The van der Waals surface area contributed by atoms with E-state index >= 15 is 0 Å². The van der Waals surface area contributed by atoms with Crippen LogP contribution in [-0.4, -0.2) is 45.8 Å². The van der Waals surface area contributed by atoms with Crippen molar-refractivity contribution in [2.45, 2.75) is 42.3 Å². The molecule has 0 saturated carbocycles. The number of amides is 1. The van der Waals surface area contributed by atoms with Crippen molar-refractivity contribution in [2.24, 2.45) is 5.73 Å². The molecule has 3 atom stereocenters. The number of carbonyl (C=O) groups excluding carboxylic acids is 2. The molecular formula is C16H20N2O4S. The third-order valence-electron chi connectivity index (χ3n) is 4.33. The van der Waals surface area contributed by atoms with Gasteiger partial charge in [0, 0.05) is 11.9 Å². The third-order valence-corrected chi connectivity index (χ3v) is 5.96. The molecule has 0 bridgehead atoms. The number of β-lactam (4-membered cyclic amide) rings is 1. The molecular weight excluding hydrogens is 316 g/mol. The van der Waals surface area contributed by atoms with Gasteiger partial charge in [0.1, 0.15) is 18.0 Å². The van der Waals surface area contributed by atoms with Crippen LogP contribution >= 0.6 is 11.8 Å². The van der Waals surface area contributed by atoms with E-state index in [0.29, 0.717) is 0 Å². The monoisotopic (exact) mass is 336 g/mol. The number of rotatable bonds is 4. The van der Waals surface area contributed by atoms with E-state index in [2.05, 4.69) is 0 Å². The molecule has 6 nitrogen and oxygen atoms in total. The minimum Gasteiger partial charge on any atom is -0.459 e. The van der Waals surface area contributed by atoms with E-state index in [1.807, 2.05) is 44.2 Å². The summed E-state index contributed by atoms with van der Waals surface area (Å²) in [4.78, 5) is 26.4. The maximum Gasteiger partial charge on any atom is 0.330 e. The number of nitrogens with zero attached hydrogens (tertiary/aromatic N) is 1. The number of hydrogen-bond donors (Lipinski definition) is 1. The van der Waals surface area contributed by atoms with Crippen LogP contribution in [0.5, 0.6) is 0 Å². The number of carbonyl (C=O) groups is 2. The van der Waals surface area contributed by atoms with Crippen molar-refractivity contribution in [1.29, 1.82) is 0 Å². The number of fused-ring (bicyclic) bond motifs is 1. The van der Waals surface area contributed by atoms with Crippen LogP contribution in [0.3, 0.4) is 0 Å². The Bertz CT molecular complexity index is 636. The van der Waals surface area contributed by atoms with E-state index in [9.17, 15) is 9.59 Å². The van der Waals surface area contributed by atoms with E-state index in [-0.39, 0.29) is 17.9 Å². The molecule has 0 unspecified atom stereocenters. The fourth-order valence-corrected chi connectivity index (χ4v) is 4.65. The van der Waals surface area contributed by atoms with Crippen LogP contribution in [0, 0.1) is 0 Å². The summed E-state index contributed by atoms with van der Waals surface area (Å²) in [5, 5.41) is -0.371. The lowest BCUT2D eigenvalue weighted by Crippen LogP contribution is -2.78. The number of benzene rings is 1. The molecule has 0 aromatic heterocycles. The minimum absolute atomic E-state index is 0.182. The Balaban J connectivity index is 1.74. The van der Waals surface area contributed by atoms with Gasteiger partial charge >= 0.3 is 5.97 Å². The second-order valence-electron chi connectivity index (χ2n) is 6.28. The first-order valence-electron chi connectivity index (χ1n) is 7.36. The standard InChI is InChI=1S/C16H20N2O4S/c1-15(2)11(12(19)22-9-10-7-5-4-6-8-10)18-13(20)16(17,21-3)14(18)23-15/h4-8,11,14H,9,17H2,1-3H3/t11-,14+,16+/m0/s1. The number of hydrogen-bond acceptors (Lipinski definition) is 6. The molecule has 0 spiro atoms. The third kappa shape index (κ3) is 2.43. The molecule has 3 rings (SSSR count). The first-order chi connectivity index (χ1) is 10.8. The van der Waals surface area contributed by atoms with Crippen LogP contribution in [0.4, 0.5) is 0 Å². The van der Waals surface area contributed by atoms with E-state index in [4.69, 9.17) is 15.2 Å². The van der Waals surface area contributed by atoms with Gasteiger partial charge in [-0.25, -0.2) is 4.79 Å². The van der Waals surface area contributed by atoms with E-state index in [0.717, 1.165) is 5.56 Å². The highest BCUT2D eigenvalue weighted by Crippen LogP contribution is 2.54. The van der Waals surface area contributed by atoms with Gasteiger partial charge in [0.15, 0.2) is 0 Å². The van der Waals surface area contributed by atoms with Gasteiger partial charge < -0.3 is 14.4 Å². The Morgan fingerprint density at radius 3 is 2.61 bits per heavy atom. The largest absolute Gasteiger partial charge is 0.459 e. The van der Waals surface area contributed by atoms with Gasteiger partial charge in [0.2, 0.25) is 5.72 Å². The van der Waals surface area contributed by atoms with Crippen LogP contribution in [0.1, 0.15) is 19.4 Å². The van der Waals surface area contributed by atoms with Crippen molar-refractivity contribution in [3.05, 3.63) is 35.9 Å². The predicted octanol–water partition coefficient (Wildman–Crippen LogP) is 1.09. The lowest BCUT2D eigenvalue weighted by molar-refractivity contribution is -0.193. The zero-order valence-electron chi connectivity index (χ0n) is 13.3. The molecule has 2 aliphatic heterocycles. The van der Waals surface area contributed by atoms with E-state index in [1.54, 1.807) is 0 Å². The second kappa shape index (κ2) is 5.51. The van der Waals surface area contributed by atoms with Crippen LogP contribution in [0.15, 0.2) is 30.3 Å². The van der Waals surface area contributed by atoms with Crippen LogP contribution in [-0.2, 0) is 25.7 Å². The Hall–Kier alpha value is -1.57. The maximum absolute atomic E-state index is 12.6. The number of methoxy groups -OCH3 is 1. The van der Waals surface area contributed by atoms with E-state index < -0.39 is 22.5 Å². The number of nitrogens with two attached hydrogens (primary N) is 1. The molecule has 23 heavy (non-hydrogen) atoms. The molecule has 0 aliphatic carbocycles. The van der Waals surface area contributed by atoms with Crippen LogP contribution in [0.2, 0.25) is 0 Å². The summed E-state index contributed by atoms with van der Waals surface area (Å²) in [6.07, 6.45) is 0. The highest BCUT2D eigenvalue weighted by Gasteiger charge is 2.71. The molecule has 1 aromatic carbocycles. The molecule has 2 aliphatic rings. The molecule has 2 N–H and O–H groups in total. The highest BCUT2D eigenvalue weighted by molar-refractivity contribution is 8.01. The quantitative estimate of drug-likeness (QED) is 0.504. The molecule has 124 valence electrons. The summed E-state index contributed by atoms with van der Waals surface area (Å²) in [6.45, 7) is 4.00. The first kappa shape index (κ1) is 16.3. The molecule has 1 aromatic rings. The fourth-order valence-electron chi connectivity index (χ4n) is 3.03. The zero-order chi connectivity index (χ0) is 16.8. The first-order valence-corrected chi connectivity index (χ1v) is 8.24. The average Bonchev–Trinajstić information content (AvgIpc) is 2.82. The van der Waals surface area contributed by atoms with Crippen molar-refractivity contribution in [2.75, 3.05) is 7.11 Å². The van der Waals surface area contributed by atoms with E-state index in [1.165, 1.54) is 23.8 Å². The van der Waals surface area contributed by atoms with Crippen molar-refractivity contribution < 1.29 is 19.1 Å². The lowest BCUT2D eigenvalue weighted by atomic mass is 9.94. The van der Waals surface area contributed by atoms with Gasteiger partial charge in [-0.2, -0.15) is 0 Å². The summed E-state index contributed by atoms with van der Waals surface area (Å²) in [5.74, 6) is -0.787. The van der Waals surface area contributed by atoms with Crippen molar-refractivity contribution >= 4 is 23.6 Å². The molecule has 0 radical (unpaired) electrons. The Kier molecular flexibility index (Phi) is 3.90. The van der Waals surface area contributed by atoms with Crippen molar-refractivity contribution in [1.82, 2.24) is 4.90 Å². The molecule has 2 fully saturated rings. The van der Waals surface area contributed by atoms with Crippen LogP contribution in [0.25, 0.3) is 0 Å². The molecule has 2 heterocycles. The van der Waals surface area contributed by atoms with Crippen LogP contribution < -0.4 is 5.73 Å². The number of ether oxygens (including phenoxy) is 2. The van der Waals surface area contributed by atoms with Crippen molar-refractivity contribution in [3.8, 4) is 0 Å². The van der Waals surface area contributed by atoms with Gasteiger partial charge in [0.25, 0.3) is 5.91 Å². The molecule has 2 saturated heterocycles. The van der Waals surface area contributed by atoms with Gasteiger partial charge in [-0.05, 0) is 19.4 Å². The number of esters is 1. The number of thioether (sulfide) groups is 1. The zero-order valence-corrected chi connectivity index (χ0v) is 14.1. The Labute approximate surface area is 139 Å². The van der Waals surface area contributed by atoms with Gasteiger partial charge in [-0.3, -0.25) is 10.5 Å². The van der Waals surface area contributed by atoms with Crippen molar-refractivity contribution in [3.63, 3.8) is 0 Å². The molecule has 1 amide bonds. The lowest BCUT2D eigenvalue weighted by Gasteiger charge is -2.49. The highest BCUT2D eigenvalue weighted by atomic mass is 32.2. The summed E-state index contributed by atoms with van der Waals surface area (Å²) >= 11 is 1.47. The predicted molar refractivity (Wildman–Crippen MR) is 86.3 cm³/mol. The second-order valence-corrected chi connectivity index (χ2v) is 8.01. The summed E-state index contributed by atoms with van der Waals surface area (Å²) in [5.41, 5.74) is 5.55. The topological polar surface area (TPSA) is 81.9 Å². The minimum atomic E-state index is -1.35. The average molecular weight is 336 g/mol. The van der Waals surface area contributed by atoms with Gasteiger partial charge in [-0.1, -0.05) is 30.3 Å². The Morgan fingerprint density at radius 1 is 1.35 bits per heavy atom. The fraction of sp³-hybridized carbons (Fsp3) is 0.500. The Morgan fingerprint density at radius 2 is 2.00 bits per heavy atom. The van der Waals surface area contributed by atoms with Gasteiger partial charge in [-0.15, -0.1) is 11.8 Å². The maximum atomic E-state index is 12.6. The van der Waals surface area contributed by atoms with Gasteiger partial charge in [0.05, 0.1) is 0 Å². The summed E-state index contributed by atoms with van der Waals surface area (Å²) in [7, 11) is 1.41.